The highest BCUT2D eigenvalue weighted by Crippen LogP contribution is 2.14. The van der Waals surface area contributed by atoms with E-state index >= 15 is 0 Å². The molecule has 2 rings (SSSR count). The third-order valence-electron chi connectivity index (χ3n) is 2.69. The SMILES string of the molecule is CCCS(=O)(=O)N=C([O-])c1c[n+](C)nc2ccccc12. The van der Waals surface area contributed by atoms with Crippen molar-refractivity contribution in [1.82, 2.24) is 5.10 Å². The molecule has 0 aliphatic rings. The van der Waals surface area contributed by atoms with Crippen LogP contribution in [0.3, 0.4) is 0 Å². The first-order chi connectivity index (χ1) is 9.43. The molecule has 106 valence electrons. The van der Waals surface area contributed by atoms with Gasteiger partial charge in [0.1, 0.15) is 5.52 Å². The van der Waals surface area contributed by atoms with Crippen molar-refractivity contribution in [2.45, 2.75) is 13.3 Å². The van der Waals surface area contributed by atoms with Crippen molar-refractivity contribution in [3.63, 3.8) is 0 Å². The lowest BCUT2D eigenvalue weighted by Crippen LogP contribution is -2.35. The van der Waals surface area contributed by atoms with E-state index in [1.54, 1.807) is 38.2 Å². The summed E-state index contributed by atoms with van der Waals surface area (Å²) < 4.78 is 28.1. The monoisotopic (exact) mass is 293 g/mol. The summed E-state index contributed by atoms with van der Waals surface area (Å²) in [6.07, 6.45) is 1.90. The summed E-state index contributed by atoms with van der Waals surface area (Å²) in [5.41, 5.74) is 0.849. The first kappa shape index (κ1) is 14.4. The van der Waals surface area contributed by atoms with Crippen LogP contribution >= 0.6 is 0 Å². The van der Waals surface area contributed by atoms with Gasteiger partial charge in [-0.1, -0.05) is 29.8 Å². The van der Waals surface area contributed by atoms with Crippen molar-refractivity contribution in [2.75, 3.05) is 5.75 Å². The van der Waals surface area contributed by atoms with Gasteiger partial charge in [0.2, 0.25) is 6.20 Å². The molecule has 0 saturated carbocycles. The Balaban J connectivity index is 2.60. The maximum atomic E-state index is 12.1. The molecule has 0 saturated heterocycles. The molecule has 0 amide bonds. The van der Waals surface area contributed by atoms with E-state index in [1.807, 2.05) is 0 Å². The lowest BCUT2D eigenvalue weighted by molar-refractivity contribution is -0.728. The highest BCUT2D eigenvalue weighted by atomic mass is 32.2. The van der Waals surface area contributed by atoms with Crippen molar-refractivity contribution in [3.8, 4) is 0 Å². The molecule has 1 heterocycles. The third kappa shape index (κ3) is 3.11. The van der Waals surface area contributed by atoms with Crippen molar-refractivity contribution in [3.05, 3.63) is 36.0 Å². The topological polar surface area (TPSA) is 86.3 Å². The zero-order valence-corrected chi connectivity index (χ0v) is 12.1. The Morgan fingerprint density at radius 1 is 1.40 bits per heavy atom. The van der Waals surface area contributed by atoms with E-state index in [2.05, 4.69) is 9.50 Å². The van der Waals surface area contributed by atoms with Crippen molar-refractivity contribution >= 4 is 26.8 Å². The minimum Gasteiger partial charge on any atom is -0.857 e. The van der Waals surface area contributed by atoms with Crippen LogP contribution in [0.15, 0.2) is 34.9 Å². The fourth-order valence-electron chi connectivity index (χ4n) is 1.89. The van der Waals surface area contributed by atoms with Crippen LogP contribution in [-0.2, 0) is 17.1 Å². The predicted octanol–water partition coefficient (Wildman–Crippen LogP) is -0.0940. The van der Waals surface area contributed by atoms with Crippen LogP contribution in [0.5, 0.6) is 0 Å². The molecule has 0 spiro atoms. The molecule has 0 radical (unpaired) electrons. The fraction of sp³-hybridized carbons (Fsp3) is 0.308. The molecule has 7 heteroatoms. The van der Waals surface area contributed by atoms with E-state index in [-0.39, 0.29) is 11.3 Å². The highest BCUT2D eigenvalue weighted by molar-refractivity contribution is 7.90. The fourth-order valence-corrected chi connectivity index (χ4v) is 2.85. The number of hydrogen-bond acceptors (Lipinski definition) is 4. The van der Waals surface area contributed by atoms with Gasteiger partial charge in [0, 0.05) is 11.3 Å². The summed E-state index contributed by atoms with van der Waals surface area (Å²) in [5, 5.41) is 16.9. The summed E-state index contributed by atoms with van der Waals surface area (Å²) in [5.74, 6) is -0.888. The Bertz CT molecular complexity index is 770. The van der Waals surface area contributed by atoms with Crippen molar-refractivity contribution < 1.29 is 18.2 Å². The maximum Gasteiger partial charge on any atom is 0.252 e. The van der Waals surface area contributed by atoms with E-state index in [0.29, 0.717) is 17.3 Å². The van der Waals surface area contributed by atoms with Crippen LogP contribution in [0.1, 0.15) is 18.9 Å². The largest absolute Gasteiger partial charge is 0.857 e. The number of nitrogens with zero attached hydrogens (tertiary/aromatic N) is 3. The molecule has 6 nitrogen and oxygen atoms in total. The van der Waals surface area contributed by atoms with E-state index in [4.69, 9.17) is 0 Å². The number of aromatic nitrogens is 2. The number of sulfonamides is 1. The standard InChI is InChI=1S/C13H15N3O3S/c1-3-8-20(18,19)15-13(17)11-9-16(2)14-12-7-5-4-6-10(11)12/h4-7,9H,3,8H2,1-2H3. The van der Waals surface area contributed by atoms with Crippen molar-refractivity contribution in [1.29, 1.82) is 0 Å². The summed E-state index contributed by atoms with van der Waals surface area (Å²) >= 11 is 0. The molecule has 1 aromatic carbocycles. The first-order valence-electron chi connectivity index (χ1n) is 6.18. The average molecular weight is 293 g/mol. The zero-order valence-electron chi connectivity index (χ0n) is 11.3. The third-order valence-corrected chi connectivity index (χ3v) is 4.06. The highest BCUT2D eigenvalue weighted by Gasteiger charge is 2.12. The second-order valence-electron chi connectivity index (χ2n) is 4.42. The van der Waals surface area contributed by atoms with Crippen LogP contribution in [0.25, 0.3) is 10.9 Å². The molecule has 0 bridgehead atoms. The smallest absolute Gasteiger partial charge is 0.252 e. The minimum absolute atomic E-state index is 0.131. The number of aryl methyl sites for hydroxylation is 1. The van der Waals surface area contributed by atoms with E-state index in [1.165, 1.54) is 10.9 Å². The molecular formula is C13H15N3O3S. The van der Waals surface area contributed by atoms with Crippen LogP contribution in [0.4, 0.5) is 0 Å². The predicted molar refractivity (Wildman–Crippen MR) is 73.5 cm³/mol. The van der Waals surface area contributed by atoms with Crippen LogP contribution in [0.2, 0.25) is 0 Å². The summed E-state index contributed by atoms with van der Waals surface area (Å²) in [6.45, 7) is 1.72. The Kier molecular flexibility index (Phi) is 3.99. The Hall–Kier alpha value is -2.02. The number of fused-ring (bicyclic) bond motifs is 1. The summed E-state index contributed by atoms with van der Waals surface area (Å²) in [4.78, 5) is 0. The molecule has 0 aliphatic carbocycles. The lowest BCUT2D eigenvalue weighted by Gasteiger charge is -2.11. The number of rotatable bonds is 4. The molecule has 0 fully saturated rings. The van der Waals surface area contributed by atoms with Gasteiger partial charge < -0.3 is 5.11 Å². The van der Waals surface area contributed by atoms with Gasteiger partial charge in [-0.05, 0) is 17.6 Å². The summed E-state index contributed by atoms with van der Waals surface area (Å²) in [6, 6.07) is 7.04. The lowest BCUT2D eigenvalue weighted by atomic mass is 10.1. The molecular weight excluding hydrogens is 278 g/mol. The van der Waals surface area contributed by atoms with Crippen molar-refractivity contribution in [2.24, 2.45) is 11.4 Å². The van der Waals surface area contributed by atoms with Crippen LogP contribution in [0, 0.1) is 0 Å². The molecule has 20 heavy (non-hydrogen) atoms. The van der Waals surface area contributed by atoms with E-state index in [9.17, 15) is 13.5 Å². The van der Waals surface area contributed by atoms with Gasteiger partial charge in [0.15, 0.2) is 7.05 Å². The van der Waals surface area contributed by atoms with Gasteiger partial charge >= 0.3 is 0 Å². The van der Waals surface area contributed by atoms with Gasteiger partial charge in [0.25, 0.3) is 10.0 Å². The normalized spacial score (nSPS) is 12.8. The number of benzene rings is 1. The first-order valence-corrected chi connectivity index (χ1v) is 7.79. The van der Waals surface area contributed by atoms with Crippen LogP contribution < -0.4 is 9.79 Å². The molecule has 0 N–H and O–H groups in total. The average Bonchev–Trinajstić information content (AvgIpc) is 2.36. The maximum absolute atomic E-state index is 12.1. The summed E-state index contributed by atoms with van der Waals surface area (Å²) in [7, 11) is -2.04. The second-order valence-corrected chi connectivity index (χ2v) is 6.17. The zero-order chi connectivity index (χ0) is 14.8. The molecule has 1 aromatic heterocycles. The Labute approximate surface area is 117 Å². The van der Waals surface area contributed by atoms with Gasteiger partial charge in [-0.2, -0.15) is 4.40 Å². The van der Waals surface area contributed by atoms with Gasteiger partial charge in [0.05, 0.1) is 11.3 Å². The van der Waals surface area contributed by atoms with Gasteiger partial charge in [-0.15, -0.1) is 0 Å². The molecule has 0 atom stereocenters. The Morgan fingerprint density at radius 2 is 2.10 bits per heavy atom. The number of hydrogen-bond donors (Lipinski definition) is 0. The van der Waals surface area contributed by atoms with E-state index < -0.39 is 15.9 Å². The molecule has 0 unspecified atom stereocenters. The van der Waals surface area contributed by atoms with E-state index in [0.717, 1.165) is 0 Å². The molecule has 0 aliphatic heterocycles. The Morgan fingerprint density at radius 3 is 2.80 bits per heavy atom. The minimum atomic E-state index is -3.71. The van der Waals surface area contributed by atoms with Gasteiger partial charge in [-0.25, -0.2) is 8.42 Å². The quantitative estimate of drug-likeness (QED) is 0.448. The molecule has 2 aromatic rings. The van der Waals surface area contributed by atoms with Gasteiger partial charge in [-0.3, -0.25) is 0 Å². The van der Waals surface area contributed by atoms with Crippen LogP contribution in [-0.4, -0.2) is 25.2 Å². The second kappa shape index (κ2) is 5.54.